The number of halogens is 3. The van der Waals surface area contributed by atoms with Crippen molar-refractivity contribution in [2.45, 2.75) is 55.0 Å². The van der Waals surface area contributed by atoms with Crippen LogP contribution in [0, 0.1) is 0 Å². The Morgan fingerprint density at radius 2 is 1.74 bits per heavy atom. The maximum atomic E-state index is 12.9. The number of carbonyl (C=O) groups excluding carboxylic acids is 2. The van der Waals surface area contributed by atoms with Crippen molar-refractivity contribution in [1.29, 1.82) is 0 Å². The molecule has 1 aliphatic heterocycles. The van der Waals surface area contributed by atoms with Gasteiger partial charge in [0.25, 0.3) is 5.91 Å². The fourth-order valence-electron chi connectivity index (χ4n) is 4.16. The minimum Gasteiger partial charge on any atom is -0.310 e. The molecule has 2 aliphatic rings. The second kappa shape index (κ2) is 8.90. The largest absolute Gasteiger partial charge is 0.446 e. The number of pyridine rings is 1. The molecular weight excluding hydrogens is 427 g/mol. The van der Waals surface area contributed by atoms with Crippen LogP contribution >= 0.6 is 11.8 Å². The molecule has 2 heterocycles. The highest BCUT2D eigenvalue weighted by molar-refractivity contribution is 8.00. The van der Waals surface area contributed by atoms with E-state index in [2.05, 4.69) is 4.98 Å². The molecule has 9 heteroatoms. The van der Waals surface area contributed by atoms with E-state index in [1.807, 2.05) is 12.1 Å². The van der Waals surface area contributed by atoms with Gasteiger partial charge in [0.2, 0.25) is 0 Å². The number of aromatic nitrogens is 1. The molecule has 0 atom stereocenters. The summed E-state index contributed by atoms with van der Waals surface area (Å²) in [4.78, 5) is 32.3. The van der Waals surface area contributed by atoms with Crippen molar-refractivity contribution in [2.24, 2.45) is 0 Å². The number of hydrogen-bond donors (Lipinski definition) is 0. The molecule has 4 rings (SSSR count). The fraction of sp³-hybridized carbons (Fsp3) is 0.409. The van der Waals surface area contributed by atoms with Crippen LogP contribution in [0.15, 0.2) is 47.5 Å². The molecule has 164 valence electrons. The van der Waals surface area contributed by atoms with Gasteiger partial charge >= 0.3 is 11.5 Å². The Bertz CT molecular complexity index is 959. The summed E-state index contributed by atoms with van der Waals surface area (Å²) >= 11 is -0.236. The lowest BCUT2D eigenvalue weighted by atomic mass is 9.86. The second-order valence-electron chi connectivity index (χ2n) is 7.83. The molecule has 3 amide bonds. The number of alkyl halides is 3. The third kappa shape index (κ3) is 5.20. The molecule has 2 fully saturated rings. The van der Waals surface area contributed by atoms with Crippen molar-refractivity contribution in [3.8, 4) is 0 Å². The molecule has 0 spiro atoms. The van der Waals surface area contributed by atoms with E-state index in [-0.39, 0.29) is 35.4 Å². The lowest BCUT2D eigenvalue weighted by Crippen LogP contribution is -2.32. The van der Waals surface area contributed by atoms with E-state index in [0.717, 1.165) is 29.0 Å². The van der Waals surface area contributed by atoms with Crippen molar-refractivity contribution >= 4 is 29.4 Å². The molecule has 1 aromatic heterocycles. The molecule has 1 saturated carbocycles. The Kier molecular flexibility index (Phi) is 6.22. The number of benzene rings is 1. The maximum absolute atomic E-state index is 12.9. The van der Waals surface area contributed by atoms with Crippen LogP contribution in [0.2, 0.25) is 0 Å². The normalized spacial score (nSPS) is 18.2. The lowest BCUT2D eigenvalue weighted by molar-refractivity contribution is -0.116. The minimum atomic E-state index is -4.39. The van der Waals surface area contributed by atoms with E-state index in [1.165, 1.54) is 48.4 Å². The number of hydrogen-bond acceptors (Lipinski definition) is 4. The molecule has 5 nitrogen and oxygen atoms in total. The number of anilines is 1. The van der Waals surface area contributed by atoms with E-state index in [9.17, 15) is 22.8 Å². The van der Waals surface area contributed by atoms with Gasteiger partial charge in [-0.2, -0.15) is 13.2 Å². The summed E-state index contributed by atoms with van der Waals surface area (Å²) in [5, 5.41) is 0. The monoisotopic (exact) mass is 449 g/mol. The third-order valence-corrected chi connectivity index (χ3v) is 6.35. The Morgan fingerprint density at radius 1 is 1.03 bits per heavy atom. The van der Waals surface area contributed by atoms with Crippen LogP contribution in [0.4, 0.5) is 23.7 Å². The molecule has 0 bridgehead atoms. The first-order valence-corrected chi connectivity index (χ1v) is 11.0. The predicted molar refractivity (Wildman–Crippen MR) is 112 cm³/mol. The second-order valence-corrected chi connectivity index (χ2v) is 8.97. The van der Waals surface area contributed by atoms with Crippen molar-refractivity contribution in [3.05, 3.63) is 53.9 Å². The summed E-state index contributed by atoms with van der Waals surface area (Å²) in [5.74, 6) is 0.0389. The molecule has 1 aliphatic carbocycles. The first-order valence-electron chi connectivity index (χ1n) is 10.2. The highest BCUT2D eigenvalue weighted by Crippen LogP contribution is 2.37. The summed E-state index contributed by atoms with van der Waals surface area (Å²) in [6.45, 7) is 0.213. The van der Waals surface area contributed by atoms with Gasteiger partial charge in [0.15, 0.2) is 0 Å². The number of nitrogens with zero attached hydrogens (tertiary/aromatic N) is 3. The van der Waals surface area contributed by atoms with E-state index in [1.54, 1.807) is 6.20 Å². The Morgan fingerprint density at radius 3 is 2.42 bits per heavy atom. The topological polar surface area (TPSA) is 53.5 Å². The predicted octanol–water partition coefficient (Wildman–Crippen LogP) is 5.71. The first kappa shape index (κ1) is 21.7. The Balaban J connectivity index is 1.45. The van der Waals surface area contributed by atoms with Gasteiger partial charge in [-0.15, -0.1) is 0 Å². The van der Waals surface area contributed by atoms with E-state index in [4.69, 9.17) is 0 Å². The van der Waals surface area contributed by atoms with Crippen molar-refractivity contribution in [1.82, 2.24) is 9.88 Å². The molecule has 1 saturated heterocycles. The summed E-state index contributed by atoms with van der Waals surface area (Å²) in [7, 11) is 0. The van der Waals surface area contributed by atoms with E-state index >= 15 is 0 Å². The Labute approximate surface area is 182 Å². The zero-order chi connectivity index (χ0) is 22.0. The number of urea groups is 1. The zero-order valence-electron chi connectivity index (χ0n) is 16.8. The molecule has 0 radical (unpaired) electrons. The van der Waals surface area contributed by atoms with Crippen LogP contribution in [0.25, 0.3) is 0 Å². The van der Waals surface area contributed by atoms with Crippen molar-refractivity contribution < 1.29 is 22.8 Å². The maximum Gasteiger partial charge on any atom is 0.446 e. The van der Waals surface area contributed by atoms with Crippen LogP contribution < -0.4 is 4.90 Å². The number of carbonyl (C=O) groups is 2. The smallest absolute Gasteiger partial charge is 0.310 e. The SMILES string of the molecule is O=C1CN(Cc2ccnc(C3CCCCC3)c2)C(=O)N1c1ccc(SC(F)(F)F)cc1. The molecule has 0 unspecified atom stereocenters. The standard InChI is InChI=1S/C22H22F3N3O2S/c23-22(24,25)31-18-8-6-17(7-9-18)28-20(29)14-27(21(28)30)13-15-10-11-26-19(12-15)16-4-2-1-3-5-16/h6-12,16H,1-5,13-14H2. The minimum absolute atomic E-state index is 0.000714. The lowest BCUT2D eigenvalue weighted by Gasteiger charge is -2.22. The van der Waals surface area contributed by atoms with Crippen LogP contribution in [0.1, 0.15) is 49.3 Å². The van der Waals surface area contributed by atoms with Gasteiger partial charge in [0.1, 0.15) is 6.54 Å². The quantitative estimate of drug-likeness (QED) is 0.433. The van der Waals surface area contributed by atoms with E-state index in [0.29, 0.717) is 5.92 Å². The number of thioether (sulfide) groups is 1. The van der Waals surface area contributed by atoms with Crippen molar-refractivity contribution in [2.75, 3.05) is 11.4 Å². The van der Waals surface area contributed by atoms with Gasteiger partial charge in [0.05, 0.1) is 5.69 Å². The summed E-state index contributed by atoms with van der Waals surface area (Å²) in [6.07, 6.45) is 7.64. The molecule has 2 aromatic rings. The number of rotatable bonds is 5. The van der Waals surface area contributed by atoms with Crippen LogP contribution in [-0.4, -0.2) is 33.9 Å². The van der Waals surface area contributed by atoms with Gasteiger partial charge in [-0.1, -0.05) is 19.3 Å². The van der Waals surface area contributed by atoms with Crippen LogP contribution in [-0.2, 0) is 11.3 Å². The van der Waals surface area contributed by atoms with Crippen LogP contribution in [0.3, 0.4) is 0 Å². The van der Waals surface area contributed by atoms with E-state index < -0.39 is 17.4 Å². The molecular formula is C22H22F3N3O2S. The summed E-state index contributed by atoms with van der Waals surface area (Å²) in [6, 6.07) is 8.63. The summed E-state index contributed by atoms with van der Waals surface area (Å²) in [5.41, 5.74) is -2.18. The zero-order valence-corrected chi connectivity index (χ0v) is 17.6. The van der Waals surface area contributed by atoms with Gasteiger partial charge in [-0.25, -0.2) is 9.69 Å². The Hall–Kier alpha value is -2.55. The molecule has 31 heavy (non-hydrogen) atoms. The molecule has 0 N–H and O–H groups in total. The number of imide groups is 1. The number of amides is 3. The van der Waals surface area contributed by atoms with Crippen LogP contribution in [0.5, 0.6) is 0 Å². The highest BCUT2D eigenvalue weighted by atomic mass is 32.2. The molecule has 1 aromatic carbocycles. The fourth-order valence-corrected chi connectivity index (χ4v) is 4.70. The van der Waals surface area contributed by atoms with Gasteiger partial charge in [-0.05, 0) is 66.6 Å². The third-order valence-electron chi connectivity index (χ3n) is 5.61. The average molecular weight is 449 g/mol. The highest BCUT2D eigenvalue weighted by Gasteiger charge is 2.37. The summed E-state index contributed by atoms with van der Waals surface area (Å²) < 4.78 is 37.5. The van der Waals surface area contributed by atoms with Gasteiger partial charge < -0.3 is 4.90 Å². The average Bonchev–Trinajstić information content (AvgIpc) is 3.01. The van der Waals surface area contributed by atoms with Crippen molar-refractivity contribution in [3.63, 3.8) is 0 Å². The van der Waals surface area contributed by atoms with Gasteiger partial charge in [0, 0.05) is 29.2 Å². The van der Waals surface area contributed by atoms with Gasteiger partial charge in [-0.3, -0.25) is 9.78 Å². The first-order chi connectivity index (χ1) is 14.8.